The summed E-state index contributed by atoms with van der Waals surface area (Å²) < 4.78 is 0. The summed E-state index contributed by atoms with van der Waals surface area (Å²) >= 11 is 0. The quantitative estimate of drug-likeness (QED) is 0.392. The molecule has 0 aromatic carbocycles. The number of nitrogens with zero attached hydrogens (tertiary/aromatic N) is 3. The van der Waals surface area contributed by atoms with Gasteiger partial charge in [0.05, 0.1) is 18.0 Å². The van der Waals surface area contributed by atoms with Gasteiger partial charge in [0.1, 0.15) is 5.82 Å². The zero-order valence-electron chi connectivity index (χ0n) is 9.12. The van der Waals surface area contributed by atoms with Crippen molar-refractivity contribution in [1.82, 2.24) is 10.3 Å². The van der Waals surface area contributed by atoms with Crippen molar-refractivity contribution in [3.63, 3.8) is 0 Å². The molecule has 9 heteroatoms. The molecule has 0 bridgehead atoms. The summed E-state index contributed by atoms with van der Waals surface area (Å²) in [6.45, 7) is -0.0913. The lowest BCUT2D eigenvalue weighted by atomic mass is 10.3. The van der Waals surface area contributed by atoms with Crippen molar-refractivity contribution in [2.45, 2.75) is 0 Å². The Morgan fingerprint density at radius 2 is 1.94 bits per heavy atom. The number of hydrogen-bond donors (Lipinski definition) is 2. The van der Waals surface area contributed by atoms with Crippen LogP contribution in [0.3, 0.4) is 0 Å². The highest BCUT2D eigenvalue weighted by atomic mass is 16.6. The second kappa shape index (κ2) is 4.28. The van der Waals surface area contributed by atoms with E-state index < -0.39 is 16.7 Å². The van der Waals surface area contributed by atoms with E-state index in [4.69, 9.17) is 5.73 Å². The minimum Gasteiger partial charge on any atom is -0.378 e. The molecule has 1 aliphatic rings. The first-order valence-electron chi connectivity index (χ1n) is 4.96. The first-order chi connectivity index (χ1) is 8.47. The van der Waals surface area contributed by atoms with Crippen molar-refractivity contribution in [2.75, 3.05) is 23.7 Å². The van der Waals surface area contributed by atoms with Crippen LogP contribution in [-0.2, 0) is 9.59 Å². The van der Waals surface area contributed by atoms with Gasteiger partial charge < -0.3 is 10.6 Å². The van der Waals surface area contributed by atoms with Crippen LogP contribution in [0, 0.1) is 10.1 Å². The molecule has 0 saturated carbocycles. The molecule has 9 nitrogen and oxygen atoms in total. The van der Waals surface area contributed by atoms with Crippen LogP contribution < -0.4 is 16.0 Å². The lowest BCUT2D eigenvalue weighted by Crippen LogP contribution is -2.51. The highest BCUT2D eigenvalue weighted by Crippen LogP contribution is 2.23. The third kappa shape index (κ3) is 2.19. The number of carbonyl (C=O) groups excluding carboxylic acids is 2. The van der Waals surface area contributed by atoms with E-state index in [2.05, 4.69) is 10.3 Å². The highest BCUT2D eigenvalue weighted by Gasteiger charge is 2.24. The molecule has 1 aromatic rings. The number of hydrogen-bond acceptors (Lipinski definition) is 7. The molecule has 2 rings (SSSR count). The van der Waals surface area contributed by atoms with Crippen molar-refractivity contribution in [2.24, 2.45) is 0 Å². The topological polar surface area (TPSA) is 131 Å². The van der Waals surface area contributed by atoms with Gasteiger partial charge in [0.25, 0.3) is 0 Å². The molecule has 3 N–H and O–H groups in total. The number of nitrogens with one attached hydrogen (secondary N) is 1. The molecule has 0 spiro atoms. The minimum atomic E-state index is -0.653. The SMILES string of the molecule is Nc1nc(N2CC(=O)NC(=O)C2)ccc1[N+](=O)[O-]. The number of nitro groups is 1. The summed E-state index contributed by atoms with van der Waals surface area (Å²) in [5.74, 6) is -0.910. The predicted molar refractivity (Wildman–Crippen MR) is 60.7 cm³/mol. The standard InChI is InChI=1S/C9H9N5O4/c10-9-5(14(17)18)1-2-6(11-9)13-3-7(15)12-8(16)4-13/h1-2H,3-4H2,(H2,10,11)(H,12,15,16). The number of amides is 2. The molecule has 1 saturated heterocycles. The Morgan fingerprint density at radius 1 is 1.33 bits per heavy atom. The van der Waals surface area contributed by atoms with Gasteiger partial charge in [-0.3, -0.25) is 25.0 Å². The van der Waals surface area contributed by atoms with Crippen LogP contribution in [0.4, 0.5) is 17.3 Å². The molecule has 1 fully saturated rings. The fourth-order valence-corrected chi connectivity index (χ4v) is 1.59. The monoisotopic (exact) mass is 251 g/mol. The number of nitrogen functional groups attached to an aromatic ring is 1. The van der Waals surface area contributed by atoms with E-state index in [9.17, 15) is 19.7 Å². The van der Waals surface area contributed by atoms with Crippen LogP contribution >= 0.6 is 0 Å². The molecule has 0 radical (unpaired) electrons. The van der Waals surface area contributed by atoms with Gasteiger partial charge in [0.15, 0.2) is 0 Å². The maximum absolute atomic E-state index is 11.2. The van der Waals surface area contributed by atoms with Crippen LogP contribution in [-0.4, -0.2) is 34.8 Å². The van der Waals surface area contributed by atoms with Crippen molar-refractivity contribution in [3.8, 4) is 0 Å². The Bertz CT molecular complexity index is 528. The first-order valence-corrected chi connectivity index (χ1v) is 4.96. The molecular weight excluding hydrogens is 242 g/mol. The van der Waals surface area contributed by atoms with Gasteiger partial charge in [-0.1, -0.05) is 0 Å². The van der Waals surface area contributed by atoms with Crippen LogP contribution in [0.5, 0.6) is 0 Å². The normalized spacial score (nSPS) is 15.4. The number of pyridine rings is 1. The summed E-state index contributed by atoms with van der Waals surface area (Å²) in [7, 11) is 0. The number of rotatable bonds is 2. The minimum absolute atomic E-state index is 0.0456. The van der Waals surface area contributed by atoms with E-state index in [1.807, 2.05) is 0 Å². The number of imide groups is 1. The van der Waals surface area contributed by atoms with Gasteiger partial charge >= 0.3 is 5.69 Å². The highest BCUT2D eigenvalue weighted by molar-refractivity contribution is 6.02. The van der Waals surface area contributed by atoms with E-state index in [0.29, 0.717) is 0 Å². The molecule has 1 aliphatic heterocycles. The number of carbonyl (C=O) groups is 2. The zero-order valence-corrected chi connectivity index (χ0v) is 9.12. The second-order valence-electron chi connectivity index (χ2n) is 3.66. The number of piperazine rings is 1. The van der Waals surface area contributed by atoms with Gasteiger partial charge in [-0.05, 0) is 6.07 Å². The van der Waals surface area contributed by atoms with Gasteiger partial charge in [-0.25, -0.2) is 4.98 Å². The smallest absolute Gasteiger partial charge is 0.311 e. The molecule has 0 aliphatic carbocycles. The van der Waals surface area contributed by atoms with Crippen molar-refractivity contribution in [1.29, 1.82) is 0 Å². The average molecular weight is 251 g/mol. The van der Waals surface area contributed by atoms with Gasteiger partial charge in [-0.15, -0.1) is 0 Å². The van der Waals surface area contributed by atoms with Crippen LogP contribution in [0.2, 0.25) is 0 Å². The maximum atomic E-state index is 11.2. The van der Waals surface area contributed by atoms with Gasteiger partial charge in [0.2, 0.25) is 17.6 Å². The Labute approximate surface area is 101 Å². The molecule has 2 amide bonds. The van der Waals surface area contributed by atoms with Crippen LogP contribution in [0.1, 0.15) is 0 Å². The average Bonchev–Trinajstić information content (AvgIpc) is 2.26. The Hall–Kier alpha value is -2.71. The van der Waals surface area contributed by atoms with Crippen molar-refractivity contribution in [3.05, 3.63) is 22.2 Å². The van der Waals surface area contributed by atoms with E-state index >= 15 is 0 Å². The maximum Gasteiger partial charge on any atom is 0.311 e. The molecule has 1 aromatic heterocycles. The lowest BCUT2D eigenvalue weighted by Gasteiger charge is -2.26. The fraction of sp³-hybridized carbons (Fsp3) is 0.222. The van der Waals surface area contributed by atoms with E-state index in [1.54, 1.807) is 0 Å². The van der Waals surface area contributed by atoms with E-state index in [0.717, 1.165) is 0 Å². The Balaban J connectivity index is 2.29. The van der Waals surface area contributed by atoms with Crippen molar-refractivity contribution < 1.29 is 14.5 Å². The summed E-state index contributed by atoms with van der Waals surface area (Å²) in [6, 6.07) is 2.54. The first kappa shape index (κ1) is 11.8. The third-order valence-corrected chi connectivity index (χ3v) is 2.36. The summed E-state index contributed by atoms with van der Waals surface area (Å²) in [5, 5.41) is 12.7. The van der Waals surface area contributed by atoms with Crippen molar-refractivity contribution >= 4 is 29.1 Å². The number of anilines is 2. The summed E-state index contributed by atoms with van der Waals surface area (Å²) in [4.78, 5) is 37.5. The largest absolute Gasteiger partial charge is 0.378 e. The molecule has 0 unspecified atom stereocenters. The molecule has 2 heterocycles. The third-order valence-electron chi connectivity index (χ3n) is 2.36. The Morgan fingerprint density at radius 3 is 2.44 bits per heavy atom. The fourth-order valence-electron chi connectivity index (χ4n) is 1.59. The van der Waals surface area contributed by atoms with Crippen LogP contribution in [0.15, 0.2) is 12.1 Å². The zero-order chi connectivity index (χ0) is 13.3. The molecular formula is C9H9N5O4. The van der Waals surface area contributed by atoms with Gasteiger partial charge in [0, 0.05) is 6.07 Å². The van der Waals surface area contributed by atoms with E-state index in [1.165, 1.54) is 17.0 Å². The van der Waals surface area contributed by atoms with Gasteiger partial charge in [-0.2, -0.15) is 0 Å². The Kier molecular flexibility index (Phi) is 2.80. The molecule has 94 valence electrons. The molecule has 0 atom stereocenters. The second-order valence-corrected chi connectivity index (χ2v) is 3.66. The summed E-state index contributed by atoms with van der Waals surface area (Å²) in [5.41, 5.74) is 5.12. The van der Waals surface area contributed by atoms with Crippen LogP contribution in [0.25, 0.3) is 0 Å². The predicted octanol–water partition coefficient (Wildman–Crippen LogP) is -0.965. The summed E-state index contributed by atoms with van der Waals surface area (Å²) in [6.07, 6.45) is 0. The number of nitrogens with two attached hydrogens (primary N) is 1. The lowest BCUT2D eigenvalue weighted by molar-refractivity contribution is -0.384. The van der Waals surface area contributed by atoms with E-state index in [-0.39, 0.29) is 30.4 Å². The number of aromatic nitrogens is 1. The molecule has 18 heavy (non-hydrogen) atoms.